The average Bonchev–Trinajstić information content (AvgIpc) is 1.78. The number of anilines is 1. The van der Waals surface area contributed by atoms with Crippen LogP contribution >= 0.6 is 58.5 Å². The lowest BCUT2D eigenvalue weighted by Crippen LogP contribution is -2.05. The van der Waals surface area contributed by atoms with Crippen LogP contribution in [-0.4, -0.2) is 139 Å². The van der Waals surface area contributed by atoms with E-state index in [1.54, 1.807) is 136 Å². The summed E-state index contributed by atoms with van der Waals surface area (Å²) < 4.78 is 129. The van der Waals surface area contributed by atoms with E-state index in [4.69, 9.17) is 40.5 Å². The molecule has 7 aromatic heterocycles. The Morgan fingerprint density at radius 2 is 0.746 bits per heavy atom. The van der Waals surface area contributed by atoms with E-state index in [0.717, 1.165) is 33.4 Å². The zero-order valence-corrected chi connectivity index (χ0v) is 66.3. The largest absolute Gasteiger partial charge is 0.478 e. The molecule has 27 nitrogen and oxygen atoms in total. The maximum Gasteiger partial charge on any atom is 0.338 e. The summed E-state index contributed by atoms with van der Waals surface area (Å²) in [7, 11) is 1.39. The number of carbonyl (C=O) groups excluding carboxylic acids is 4. The number of hydrogen-bond acceptors (Lipinski definition) is 19. The molecular weight excluding hydrogens is 1740 g/mol. The number of carboxylic acids is 1. The van der Waals surface area contributed by atoms with Crippen molar-refractivity contribution in [3.05, 3.63) is 327 Å². The number of aromatic amines is 1. The number of carbonyl (C=O) groups is 5. The molecule has 0 atom stereocenters. The first-order valence-electron chi connectivity index (χ1n) is 33.1. The maximum absolute atomic E-state index is 13.6. The predicted octanol–water partition coefficient (Wildman–Crippen LogP) is 16.4. The fourth-order valence-electron chi connectivity index (χ4n) is 8.86. The topological polar surface area (TPSA) is 338 Å². The standard InChI is InChI=1S/C12H10BrFN2O2.C12H11BrN2O2.C12H11FN2O2.C10H7FN2O2.C9H6ClFN2O2S.C9H8FN3.C9H9FO2.C3H3BrN2/c1-2-18-12(17)8-3-5-9(6-4-8)16-11(14)10(13)7-15-16;1-2-17-12(16)9-3-5-11(6-4-9)15-8-10(13)7-14-15;1-2-17-12(16)9-3-5-10(6-4-9)15-11(13)7-8-14-15;11-9-5-6-12-13(9)8-3-1-7(2-4-8)10(14)15;10-16(14,15)8-3-1-7(2-4-8)13-9(11)5-6-12-13;10-9-5-6-12-13(9)8-3-1-7(11)2-4-8;1-2-12-9(11)7-3-5-8(10)6-4-7;4-3-1-5-6-2-3/h3-7H,2H2,1H3;2*3-8H,2H2,1H3;1-6H,(H,14,15);1-6H;1-6H,11H2;3-6H,2H2,1H3;1-2H,(H,5,6). The van der Waals surface area contributed by atoms with Crippen LogP contribution in [0.1, 0.15) is 79.5 Å². The summed E-state index contributed by atoms with van der Waals surface area (Å²) in [6.45, 7) is 8.35. The number of hydrogen-bond donors (Lipinski definition) is 3. The van der Waals surface area contributed by atoms with Gasteiger partial charge in [0.2, 0.25) is 29.7 Å². The van der Waals surface area contributed by atoms with Crippen LogP contribution in [0.3, 0.4) is 0 Å². The van der Waals surface area contributed by atoms with Crippen molar-refractivity contribution in [2.45, 2.75) is 32.6 Å². The number of H-pyrrole nitrogens is 1. The van der Waals surface area contributed by atoms with Crippen LogP contribution in [0.15, 0.2) is 268 Å². The number of halogens is 10. The van der Waals surface area contributed by atoms with Crippen LogP contribution in [0.4, 0.5) is 32.0 Å². The van der Waals surface area contributed by atoms with Crippen molar-refractivity contribution in [3.63, 3.8) is 0 Å². The Kier molecular flexibility index (Phi) is 34.6. The molecule has 0 saturated heterocycles. The number of nitrogens with zero attached hydrogens (tertiary/aromatic N) is 13. The first-order chi connectivity index (χ1) is 54.6. The second-order valence-corrected chi connectivity index (χ2v) is 27.1. The number of aromatic nitrogens is 14. The van der Waals surface area contributed by atoms with Crippen LogP contribution in [0.5, 0.6) is 0 Å². The van der Waals surface area contributed by atoms with Gasteiger partial charge in [0.15, 0.2) is 0 Å². The summed E-state index contributed by atoms with van der Waals surface area (Å²) in [5, 5.41) is 38.1. The molecule has 0 bridgehead atoms. The molecule has 0 amide bonds. The Bertz CT molecular complexity index is 5490. The van der Waals surface area contributed by atoms with Crippen molar-refractivity contribution in [2.24, 2.45) is 0 Å². The molecule has 0 radical (unpaired) electrons. The molecule has 4 N–H and O–H groups in total. The second-order valence-electron chi connectivity index (χ2n) is 21.9. The van der Waals surface area contributed by atoms with Crippen molar-refractivity contribution >= 4 is 103 Å². The molecule has 14 aromatic rings. The Labute approximate surface area is 675 Å². The molecule has 592 valence electrons. The first kappa shape index (κ1) is 88.6. The van der Waals surface area contributed by atoms with E-state index in [1.807, 2.05) is 18.3 Å². The number of nitrogen functional groups attached to an aromatic ring is 1. The summed E-state index contributed by atoms with van der Waals surface area (Å²) in [6, 6.07) is 48.1. The number of benzene rings is 7. The minimum absolute atomic E-state index is 0.0366. The van der Waals surface area contributed by atoms with E-state index in [0.29, 0.717) is 82.8 Å². The van der Waals surface area contributed by atoms with Gasteiger partial charge in [0, 0.05) is 53.0 Å². The summed E-state index contributed by atoms with van der Waals surface area (Å²) in [4.78, 5) is 55.8. The molecule has 0 spiro atoms. The molecule has 0 unspecified atom stereocenters. The van der Waals surface area contributed by atoms with Crippen molar-refractivity contribution < 1.29 is 82.8 Å². The average molecular weight is 1800 g/mol. The summed E-state index contributed by atoms with van der Waals surface area (Å²) in [6.07, 6.45) is 13.8. The Morgan fingerprint density at radius 1 is 0.421 bits per heavy atom. The normalized spacial score (nSPS) is 10.3. The number of nitrogens with two attached hydrogens (primary N) is 1. The predicted molar refractivity (Wildman–Crippen MR) is 417 cm³/mol. The van der Waals surface area contributed by atoms with Crippen LogP contribution < -0.4 is 5.73 Å². The zero-order valence-electron chi connectivity index (χ0n) is 60.0. The van der Waals surface area contributed by atoms with Crippen LogP contribution in [0.2, 0.25) is 0 Å². The van der Waals surface area contributed by atoms with E-state index in [-0.39, 0.29) is 38.6 Å². The number of esters is 4. The van der Waals surface area contributed by atoms with Gasteiger partial charge in [0.05, 0.1) is 150 Å². The Hall–Kier alpha value is -12.6. The van der Waals surface area contributed by atoms with E-state index in [1.165, 1.54) is 133 Å². The van der Waals surface area contributed by atoms with Gasteiger partial charge in [-0.1, -0.05) is 0 Å². The molecule has 7 aromatic carbocycles. The fraction of sp³-hybridized carbons (Fsp3) is 0.105. The summed E-state index contributed by atoms with van der Waals surface area (Å²) in [5.41, 5.74) is 11.6. The fourth-order valence-corrected chi connectivity index (χ4v) is 10.4. The minimum atomic E-state index is -3.75. The molecule has 14 rings (SSSR count). The maximum atomic E-state index is 13.6. The highest BCUT2D eigenvalue weighted by atomic mass is 79.9. The summed E-state index contributed by atoms with van der Waals surface area (Å²) in [5.74, 6) is -5.22. The highest BCUT2D eigenvalue weighted by Gasteiger charge is 2.16. The van der Waals surface area contributed by atoms with Gasteiger partial charge in [0.1, 0.15) is 5.82 Å². The molecule has 0 aliphatic carbocycles. The third kappa shape index (κ3) is 27.1. The number of ether oxygens (including phenoxy) is 4. The van der Waals surface area contributed by atoms with Gasteiger partial charge in [-0.15, -0.1) is 0 Å². The van der Waals surface area contributed by atoms with Crippen molar-refractivity contribution in [1.29, 1.82) is 0 Å². The number of nitrogens with one attached hydrogen (secondary N) is 1. The molecule has 38 heteroatoms. The van der Waals surface area contributed by atoms with Gasteiger partial charge in [0.25, 0.3) is 9.05 Å². The SMILES string of the molecule is Brc1cn[nH]c1.CCOC(=O)c1ccc(-n2cc(Br)cn2)cc1.CCOC(=O)c1ccc(-n2ncc(Br)c2F)cc1.CCOC(=O)c1ccc(-n2nccc2F)cc1.CCOC(=O)c1ccc(F)cc1.Nc1ccc(-n2nccc2F)cc1.O=C(O)c1ccc(-n2nccc2F)cc1.O=S(=O)(Cl)c1ccc(-n2nccc2F)cc1. The Morgan fingerprint density at radius 3 is 1.01 bits per heavy atom. The third-order valence-corrected chi connectivity index (χ3v) is 16.9. The Balaban J connectivity index is 0.000000182. The highest BCUT2D eigenvalue weighted by Crippen LogP contribution is 2.22. The monoisotopic (exact) mass is 1800 g/mol. The lowest BCUT2D eigenvalue weighted by atomic mass is 10.2. The minimum Gasteiger partial charge on any atom is -0.478 e. The van der Waals surface area contributed by atoms with Crippen molar-refractivity contribution in [1.82, 2.24) is 68.9 Å². The van der Waals surface area contributed by atoms with E-state index < -0.39 is 50.7 Å². The van der Waals surface area contributed by atoms with Gasteiger partial charge < -0.3 is 29.8 Å². The van der Waals surface area contributed by atoms with Crippen molar-refractivity contribution in [3.8, 4) is 34.1 Å². The van der Waals surface area contributed by atoms with Gasteiger partial charge >= 0.3 is 29.8 Å². The number of rotatable bonds is 16. The van der Waals surface area contributed by atoms with E-state index in [2.05, 4.69) is 88.6 Å². The van der Waals surface area contributed by atoms with Gasteiger partial charge in [-0.2, -0.15) is 57.6 Å². The quantitative estimate of drug-likeness (QED) is 0.0266. The third-order valence-electron chi connectivity index (χ3n) is 14.2. The molecule has 0 saturated carbocycles. The second kappa shape index (κ2) is 44.5. The molecule has 114 heavy (non-hydrogen) atoms. The summed E-state index contributed by atoms with van der Waals surface area (Å²) >= 11 is 9.56. The lowest BCUT2D eigenvalue weighted by Gasteiger charge is -2.04. The molecular formula is C76H65Br3ClF6N15O12S. The first-order valence-corrected chi connectivity index (χ1v) is 37.8. The molecule has 0 aliphatic heterocycles. The molecule has 0 aliphatic rings. The molecule has 7 heterocycles. The smallest absolute Gasteiger partial charge is 0.338 e. The van der Waals surface area contributed by atoms with Gasteiger partial charge in [-0.25, -0.2) is 64.9 Å². The van der Waals surface area contributed by atoms with Crippen LogP contribution in [0.25, 0.3) is 34.1 Å². The van der Waals surface area contributed by atoms with E-state index in [9.17, 15) is 58.7 Å². The zero-order chi connectivity index (χ0) is 82.9. The van der Waals surface area contributed by atoms with Crippen LogP contribution in [0, 0.1) is 35.6 Å². The van der Waals surface area contributed by atoms with Gasteiger partial charge in [-0.3, -0.25) is 5.10 Å². The molecule has 0 fully saturated rings. The van der Waals surface area contributed by atoms with Crippen molar-refractivity contribution in [2.75, 3.05) is 32.2 Å². The van der Waals surface area contributed by atoms with E-state index >= 15 is 0 Å². The lowest BCUT2D eigenvalue weighted by molar-refractivity contribution is 0.0516. The van der Waals surface area contributed by atoms with Crippen LogP contribution in [-0.2, 0) is 28.0 Å². The highest BCUT2D eigenvalue weighted by molar-refractivity contribution is 9.11. The van der Waals surface area contributed by atoms with Gasteiger partial charge in [-0.05, 0) is 245 Å². The number of carboxylic acid groups (broad SMARTS) is 1. The number of aromatic carboxylic acids is 1.